The van der Waals surface area contributed by atoms with E-state index in [1.165, 1.54) is 23.3 Å². The van der Waals surface area contributed by atoms with Crippen molar-refractivity contribution < 1.29 is 19.1 Å². The van der Waals surface area contributed by atoms with Crippen molar-refractivity contribution in [3.63, 3.8) is 0 Å². The topological polar surface area (TPSA) is 64.6 Å². The second-order valence-corrected chi connectivity index (χ2v) is 12.1. The van der Waals surface area contributed by atoms with Gasteiger partial charge in [0.25, 0.3) is 5.91 Å². The summed E-state index contributed by atoms with van der Waals surface area (Å²) in [6.07, 6.45) is 2.75. The number of benzene rings is 1. The standard InChI is InChI=1S/C26H34BrNO4S/c1-14(2)18-12-19(27)15(3)10-20(18)32-13-22(29)28-24-23(25(30)31-7)17-9-8-16(26(4,5)6)11-21(17)33-24/h10,12,14,16H,8-9,11,13H2,1-7H3,(H,28,29)/t16-/m1/s1. The second kappa shape index (κ2) is 10.2. The van der Waals surface area contributed by atoms with Crippen molar-refractivity contribution in [3.05, 3.63) is 43.7 Å². The molecule has 1 N–H and O–H groups in total. The summed E-state index contributed by atoms with van der Waals surface area (Å²) in [5.74, 6) is 0.805. The van der Waals surface area contributed by atoms with Gasteiger partial charge in [-0.25, -0.2) is 4.79 Å². The molecule has 0 fully saturated rings. The van der Waals surface area contributed by atoms with Gasteiger partial charge < -0.3 is 14.8 Å². The number of nitrogens with one attached hydrogen (secondary N) is 1. The molecule has 0 aliphatic heterocycles. The third-order valence-electron chi connectivity index (χ3n) is 6.40. The van der Waals surface area contributed by atoms with Crippen molar-refractivity contribution in [2.24, 2.45) is 11.3 Å². The van der Waals surface area contributed by atoms with Crippen LogP contribution in [0.3, 0.4) is 0 Å². The lowest BCUT2D eigenvalue weighted by Crippen LogP contribution is -2.26. The first-order chi connectivity index (χ1) is 15.4. The van der Waals surface area contributed by atoms with Crippen molar-refractivity contribution in [3.8, 4) is 5.75 Å². The maximum absolute atomic E-state index is 12.8. The second-order valence-electron chi connectivity index (χ2n) is 10.1. The molecule has 33 heavy (non-hydrogen) atoms. The highest BCUT2D eigenvalue weighted by Crippen LogP contribution is 2.44. The summed E-state index contributed by atoms with van der Waals surface area (Å²) in [6, 6.07) is 3.99. The first kappa shape index (κ1) is 25.8. The number of carbonyl (C=O) groups is 2. The molecule has 2 aromatic rings. The van der Waals surface area contributed by atoms with Crippen molar-refractivity contribution >= 4 is 44.1 Å². The Morgan fingerprint density at radius 1 is 1.27 bits per heavy atom. The SMILES string of the molecule is COC(=O)c1c(NC(=O)COc2cc(C)c(Br)cc2C(C)C)sc2c1CC[C@@H](C(C)(C)C)C2. The van der Waals surface area contributed by atoms with Crippen LogP contribution in [0.1, 0.15) is 78.9 Å². The van der Waals surface area contributed by atoms with Crippen LogP contribution >= 0.6 is 27.3 Å². The largest absolute Gasteiger partial charge is 0.483 e. The van der Waals surface area contributed by atoms with Crippen LogP contribution in [0.2, 0.25) is 0 Å². The fourth-order valence-electron chi connectivity index (χ4n) is 4.28. The van der Waals surface area contributed by atoms with Crippen LogP contribution in [0.4, 0.5) is 5.00 Å². The lowest BCUT2D eigenvalue weighted by molar-refractivity contribution is -0.118. The maximum Gasteiger partial charge on any atom is 0.341 e. The van der Waals surface area contributed by atoms with Gasteiger partial charge in [0.2, 0.25) is 0 Å². The average molecular weight is 537 g/mol. The van der Waals surface area contributed by atoms with E-state index in [1.807, 2.05) is 19.1 Å². The van der Waals surface area contributed by atoms with E-state index < -0.39 is 5.97 Å². The smallest absolute Gasteiger partial charge is 0.341 e. The Labute approximate surface area is 209 Å². The molecule has 3 rings (SSSR count). The molecule has 0 radical (unpaired) electrons. The molecule has 1 aromatic heterocycles. The number of carbonyl (C=O) groups excluding carboxylic acids is 2. The number of anilines is 1. The number of thiophene rings is 1. The lowest BCUT2D eigenvalue weighted by Gasteiger charge is -2.33. The zero-order valence-corrected chi connectivity index (χ0v) is 23.0. The van der Waals surface area contributed by atoms with Crippen LogP contribution in [0.25, 0.3) is 0 Å². The number of amides is 1. The third kappa shape index (κ3) is 5.80. The number of rotatable bonds is 6. The highest BCUT2D eigenvalue weighted by Gasteiger charge is 2.34. The summed E-state index contributed by atoms with van der Waals surface area (Å²) in [4.78, 5) is 26.6. The molecule has 0 spiro atoms. The molecule has 1 aliphatic carbocycles. The van der Waals surface area contributed by atoms with Crippen LogP contribution in [-0.4, -0.2) is 25.6 Å². The Morgan fingerprint density at radius 3 is 2.58 bits per heavy atom. The molecule has 7 heteroatoms. The van der Waals surface area contributed by atoms with Crippen molar-refractivity contribution in [1.82, 2.24) is 0 Å². The normalized spacial score (nSPS) is 15.8. The number of ether oxygens (including phenoxy) is 2. The van der Waals surface area contributed by atoms with Crippen molar-refractivity contribution in [2.75, 3.05) is 19.0 Å². The molecule has 5 nitrogen and oxygen atoms in total. The first-order valence-electron chi connectivity index (χ1n) is 11.4. The van der Waals surface area contributed by atoms with Crippen molar-refractivity contribution in [1.29, 1.82) is 0 Å². The van der Waals surface area contributed by atoms with Gasteiger partial charge in [0.05, 0.1) is 12.7 Å². The quantitative estimate of drug-likeness (QED) is 0.408. The van der Waals surface area contributed by atoms with E-state index in [9.17, 15) is 9.59 Å². The number of esters is 1. The monoisotopic (exact) mass is 535 g/mol. The molecule has 1 aliphatic rings. The van der Waals surface area contributed by atoms with Crippen LogP contribution in [0.5, 0.6) is 5.75 Å². The van der Waals surface area contributed by atoms with Gasteiger partial charge in [0.15, 0.2) is 6.61 Å². The highest BCUT2D eigenvalue weighted by atomic mass is 79.9. The van der Waals surface area contributed by atoms with E-state index >= 15 is 0 Å². The molecule has 1 amide bonds. The molecule has 0 bridgehead atoms. The summed E-state index contributed by atoms with van der Waals surface area (Å²) >= 11 is 5.06. The van der Waals surface area contributed by atoms with Gasteiger partial charge in [-0.1, -0.05) is 50.5 Å². The fourth-order valence-corrected chi connectivity index (χ4v) is 5.98. The molecule has 0 saturated carbocycles. The molecular formula is C26H34BrNO4S. The van der Waals surface area contributed by atoms with Gasteiger partial charge in [-0.15, -0.1) is 11.3 Å². The Bertz CT molecular complexity index is 1050. The summed E-state index contributed by atoms with van der Waals surface area (Å²) in [5, 5.41) is 3.49. The summed E-state index contributed by atoms with van der Waals surface area (Å²) in [6.45, 7) is 12.8. The Balaban J connectivity index is 1.80. The summed E-state index contributed by atoms with van der Waals surface area (Å²) < 4.78 is 12.0. The number of hydrogen-bond acceptors (Lipinski definition) is 5. The van der Waals surface area contributed by atoms with E-state index in [0.717, 1.165) is 40.4 Å². The Kier molecular flexibility index (Phi) is 7.95. The van der Waals surface area contributed by atoms with E-state index in [1.54, 1.807) is 0 Å². The molecule has 1 aromatic carbocycles. The van der Waals surface area contributed by atoms with Crippen LogP contribution < -0.4 is 10.1 Å². The first-order valence-corrected chi connectivity index (χ1v) is 13.0. The van der Waals surface area contributed by atoms with E-state index in [4.69, 9.17) is 9.47 Å². The highest BCUT2D eigenvalue weighted by molar-refractivity contribution is 9.10. The number of fused-ring (bicyclic) bond motifs is 1. The molecule has 1 heterocycles. The number of halogens is 1. The number of methoxy groups -OCH3 is 1. The Morgan fingerprint density at radius 2 is 1.97 bits per heavy atom. The zero-order valence-electron chi connectivity index (χ0n) is 20.6. The summed E-state index contributed by atoms with van der Waals surface area (Å²) in [7, 11) is 1.38. The Hall–Kier alpha value is -1.86. The molecular weight excluding hydrogens is 502 g/mol. The summed E-state index contributed by atoms with van der Waals surface area (Å²) in [5.41, 5.74) is 3.80. The van der Waals surface area contributed by atoms with Gasteiger partial charge in [0.1, 0.15) is 10.8 Å². The van der Waals surface area contributed by atoms with Crippen LogP contribution in [-0.2, 0) is 22.4 Å². The van der Waals surface area contributed by atoms with E-state index in [2.05, 4.69) is 55.9 Å². The van der Waals surface area contributed by atoms with Gasteiger partial charge in [-0.05, 0) is 72.3 Å². The lowest BCUT2D eigenvalue weighted by atomic mass is 9.72. The minimum Gasteiger partial charge on any atom is -0.483 e. The molecule has 0 saturated heterocycles. The molecule has 1 atom stereocenters. The minimum atomic E-state index is -0.399. The van der Waals surface area contributed by atoms with Gasteiger partial charge >= 0.3 is 5.97 Å². The number of hydrogen-bond donors (Lipinski definition) is 1. The van der Waals surface area contributed by atoms with E-state index in [0.29, 0.717) is 22.2 Å². The minimum absolute atomic E-state index is 0.130. The predicted octanol–water partition coefficient (Wildman–Crippen LogP) is 6.90. The maximum atomic E-state index is 12.8. The molecule has 180 valence electrons. The van der Waals surface area contributed by atoms with Crippen molar-refractivity contribution in [2.45, 2.75) is 66.7 Å². The number of aryl methyl sites for hydroxylation is 1. The van der Waals surface area contributed by atoms with Crippen LogP contribution in [0.15, 0.2) is 16.6 Å². The van der Waals surface area contributed by atoms with Gasteiger partial charge in [0, 0.05) is 9.35 Å². The predicted molar refractivity (Wildman–Crippen MR) is 138 cm³/mol. The third-order valence-corrected chi connectivity index (χ3v) is 8.43. The zero-order chi connectivity index (χ0) is 24.5. The van der Waals surface area contributed by atoms with E-state index in [-0.39, 0.29) is 23.8 Å². The van der Waals surface area contributed by atoms with Gasteiger partial charge in [-0.3, -0.25) is 4.79 Å². The average Bonchev–Trinajstić information content (AvgIpc) is 3.09. The molecule has 0 unspecified atom stereocenters. The van der Waals surface area contributed by atoms with Crippen LogP contribution in [0, 0.1) is 18.3 Å². The van der Waals surface area contributed by atoms with Gasteiger partial charge in [-0.2, -0.15) is 0 Å². The fraction of sp³-hybridized carbons (Fsp3) is 0.538.